The van der Waals surface area contributed by atoms with Crippen LogP contribution in [0, 0.1) is 0 Å². The van der Waals surface area contributed by atoms with E-state index in [1.165, 1.54) is 24.6 Å². The molecule has 6 nitrogen and oxygen atoms in total. The van der Waals surface area contributed by atoms with Gasteiger partial charge in [-0.1, -0.05) is 6.07 Å². The van der Waals surface area contributed by atoms with Crippen LogP contribution >= 0.6 is 0 Å². The summed E-state index contributed by atoms with van der Waals surface area (Å²) >= 11 is 0. The molecule has 23 heavy (non-hydrogen) atoms. The van der Waals surface area contributed by atoms with Gasteiger partial charge in [0.1, 0.15) is 22.2 Å². The Morgan fingerprint density at radius 1 is 1.13 bits per heavy atom. The minimum atomic E-state index is -3.80. The summed E-state index contributed by atoms with van der Waals surface area (Å²) in [5, 5.41) is 0. The molecule has 1 aliphatic carbocycles. The lowest BCUT2D eigenvalue weighted by molar-refractivity contribution is 0.392. The Kier molecular flexibility index (Phi) is 4.12. The molecule has 1 aromatic heterocycles. The number of anilines is 1. The van der Waals surface area contributed by atoms with Gasteiger partial charge in [-0.15, -0.1) is 0 Å². The molecule has 7 heteroatoms. The summed E-state index contributed by atoms with van der Waals surface area (Å²) in [6.45, 7) is 0. The maximum Gasteiger partial charge on any atom is 0.269 e. The summed E-state index contributed by atoms with van der Waals surface area (Å²) in [5.74, 6) is 1.16. The molecule has 0 unspecified atom stereocenters. The zero-order valence-corrected chi connectivity index (χ0v) is 13.8. The van der Waals surface area contributed by atoms with Crippen LogP contribution in [0.4, 0.5) is 5.82 Å². The van der Waals surface area contributed by atoms with Crippen LogP contribution in [0.2, 0.25) is 0 Å². The first-order valence-corrected chi connectivity index (χ1v) is 8.69. The van der Waals surface area contributed by atoms with E-state index in [1.54, 1.807) is 36.5 Å². The van der Waals surface area contributed by atoms with Crippen molar-refractivity contribution >= 4 is 15.8 Å². The Bertz CT molecular complexity index is 789. The monoisotopic (exact) mass is 334 g/mol. The quantitative estimate of drug-likeness (QED) is 0.812. The number of sulfonamides is 1. The number of aromatic nitrogens is 1. The van der Waals surface area contributed by atoms with E-state index in [4.69, 9.17) is 9.47 Å². The Hall–Kier alpha value is -2.28. The summed E-state index contributed by atoms with van der Waals surface area (Å²) in [5.41, 5.74) is 0. The van der Waals surface area contributed by atoms with Crippen molar-refractivity contribution < 1.29 is 17.9 Å². The molecule has 0 radical (unpaired) electrons. The maximum absolute atomic E-state index is 13.2. The summed E-state index contributed by atoms with van der Waals surface area (Å²) in [7, 11) is -0.857. The number of pyridine rings is 1. The van der Waals surface area contributed by atoms with Crippen molar-refractivity contribution in [1.29, 1.82) is 0 Å². The fourth-order valence-corrected chi connectivity index (χ4v) is 4.23. The lowest BCUT2D eigenvalue weighted by Crippen LogP contribution is -2.34. The van der Waals surface area contributed by atoms with Crippen molar-refractivity contribution in [2.45, 2.75) is 23.8 Å². The molecule has 1 heterocycles. The van der Waals surface area contributed by atoms with Gasteiger partial charge >= 0.3 is 0 Å². The SMILES string of the molecule is COc1ccc(OC)c(S(=O)(=O)N(c2ccccn2)C2CC2)c1. The average Bonchev–Trinajstić information content (AvgIpc) is 3.40. The van der Waals surface area contributed by atoms with E-state index in [2.05, 4.69) is 4.98 Å². The van der Waals surface area contributed by atoms with Gasteiger partial charge in [-0.3, -0.25) is 0 Å². The second-order valence-electron chi connectivity index (χ2n) is 5.24. The Labute approximate surface area is 135 Å². The molecule has 1 fully saturated rings. The number of hydrogen-bond acceptors (Lipinski definition) is 5. The van der Waals surface area contributed by atoms with Gasteiger partial charge in [0.2, 0.25) is 0 Å². The van der Waals surface area contributed by atoms with Crippen molar-refractivity contribution in [3.63, 3.8) is 0 Å². The highest BCUT2D eigenvalue weighted by atomic mass is 32.2. The standard InChI is InChI=1S/C16H18N2O4S/c1-21-13-8-9-14(22-2)15(11-13)23(19,20)18(12-6-7-12)16-5-3-4-10-17-16/h3-5,8-12H,6-7H2,1-2H3. The maximum atomic E-state index is 13.2. The van der Waals surface area contributed by atoms with Crippen LogP contribution in [0.15, 0.2) is 47.5 Å². The molecular formula is C16H18N2O4S. The van der Waals surface area contributed by atoms with E-state index in [0.29, 0.717) is 11.6 Å². The third-order valence-electron chi connectivity index (χ3n) is 3.66. The second-order valence-corrected chi connectivity index (χ2v) is 7.02. The van der Waals surface area contributed by atoms with Gasteiger partial charge in [-0.2, -0.15) is 0 Å². The second kappa shape index (κ2) is 6.08. The van der Waals surface area contributed by atoms with E-state index in [9.17, 15) is 8.42 Å². The van der Waals surface area contributed by atoms with Gasteiger partial charge in [0.05, 0.1) is 14.2 Å². The van der Waals surface area contributed by atoms with Crippen LogP contribution in [-0.2, 0) is 10.0 Å². The smallest absolute Gasteiger partial charge is 0.269 e. The number of ether oxygens (including phenoxy) is 2. The van der Waals surface area contributed by atoms with Gasteiger partial charge in [-0.05, 0) is 37.1 Å². The summed E-state index contributed by atoms with van der Waals surface area (Å²) in [4.78, 5) is 4.29. The van der Waals surface area contributed by atoms with E-state index in [0.717, 1.165) is 12.8 Å². The molecule has 1 aromatic carbocycles. The molecule has 0 saturated heterocycles. The predicted octanol–water partition coefficient (Wildman–Crippen LogP) is 2.46. The number of methoxy groups -OCH3 is 2. The largest absolute Gasteiger partial charge is 0.497 e. The highest BCUT2D eigenvalue weighted by molar-refractivity contribution is 7.93. The minimum absolute atomic E-state index is 0.0641. The van der Waals surface area contributed by atoms with Crippen LogP contribution in [-0.4, -0.2) is 33.7 Å². The third-order valence-corrected chi connectivity index (χ3v) is 5.54. The van der Waals surface area contributed by atoms with Gasteiger partial charge in [0, 0.05) is 18.3 Å². The van der Waals surface area contributed by atoms with Gasteiger partial charge < -0.3 is 9.47 Å². The van der Waals surface area contributed by atoms with Crippen molar-refractivity contribution in [2.75, 3.05) is 18.5 Å². The highest BCUT2D eigenvalue weighted by Gasteiger charge is 2.40. The first kappa shape index (κ1) is 15.6. The van der Waals surface area contributed by atoms with Gasteiger partial charge in [-0.25, -0.2) is 17.7 Å². The number of nitrogens with zero attached hydrogens (tertiary/aromatic N) is 2. The van der Waals surface area contributed by atoms with Gasteiger partial charge in [0.15, 0.2) is 0 Å². The number of benzene rings is 1. The zero-order chi connectivity index (χ0) is 16.4. The molecule has 122 valence electrons. The van der Waals surface area contributed by atoms with Crippen LogP contribution in [0.25, 0.3) is 0 Å². The lowest BCUT2D eigenvalue weighted by Gasteiger charge is -2.24. The molecule has 0 N–H and O–H groups in total. The topological polar surface area (TPSA) is 68.7 Å². The fraction of sp³-hybridized carbons (Fsp3) is 0.312. The van der Waals surface area contributed by atoms with Crippen LogP contribution in [0.3, 0.4) is 0 Å². The fourth-order valence-electron chi connectivity index (χ4n) is 2.39. The van der Waals surface area contributed by atoms with Crippen LogP contribution < -0.4 is 13.8 Å². The molecular weight excluding hydrogens is 316 g/mol. The Morgan fingerprint density at radius 3 is 2.48 bits per heavy atom. The third kappa shape index (κ3) is 2.96. The van der Waals surface area contributed by atoms with Crippen molar-refractivity contribution in [1.82, 2.24) is 4.98 Å². The Morgan fingerprint density at radius 2 is 1.91 bits per heavy atom. The van der Waals surface area contributed by atoms with Crippen molar-refractivity contribution in [2.24, 2.45) is 0 Å². The Balaban J connectivity index is 2.13. The van der Waals surface area contributed by atoms with Crippen LogP contribution in [0.1, 0.15) is 12.8 Å². The van der Waals surface area contributed by atoms with Crippen molar-refractivity contribution in [3.05, 3.63) is 42.6 Å². The molecule has 1 saturated carbocycles. The average molecular weight is 334 g/mol. The summed E-state index contributed by atoms with van der Waals surface area (Å²) in [6.07, 6.45) is 3.23. The van der Waals surface area contributed by atoms with Gasteiger partial charge in [0.25, 0.3) is 10.0 Å². The number of rotatable bonds is 6. The summed E-state index contributed by atoms with van der Waals surface area (Å²) < 4.78 is 38.2. The molecule has 0 atom stereocenters. The first-order valence-electron chi connectivity index (χ1n) is 7.25. The normalized spacial score (nSPS) is 14.3. The minimum Gasteiger partial charge on any atom is -0.497 e. The lowest BCUT2D eigenvalue weighted by atomic mass is 10.3. The predicted molar refractivity (Wildman–Crippen MR) is 86.5 cm³/mol. The molecule has 0 bridgehead atoms. The van der Waals surface area contributed by atoms with E-state index in [-0.39, 0.29) is 16.7 Å². The molecule has 1 aliphatic rings. The van der Waals surface area contributed by atoms with E-state index >= 15 is 0 Å². The van der Waals surface area contributed by atoms with E-state index in [1.807, 2.05) is 0 Å². The highest BCUT2D eigenvalue weighted by Crippen LogP contribution is 2.38. The number of hydrogen-bond donors (Lipinski definition) is 0. The van der Waals surface area contributed by atoms with E-state index < -0.39 is 10.0 Å². The van der Waals surface area contributed by atoms with Crippen molar-refractivity contribution in [3.8, 4) is 11.5 Å². The molecule has 0 amide bonds. The first-order chi connectivity index (χ1) is 11.1. The molecule has 0 spiro atoms. The summed E-state index contributed by atoms with van der Waals surface area (Å²) in [6, 6.07) is 9.90. The zero-order valence-electron chi connectivity index (χ0n) is 13.0. The molecule has 0 aliphatic heterocycles. The molecule has 3 rings (SSSR count). The van der Waals surface area contributed by atoms with Crippen LogP contribution in [0.5, 0.6) is 11.5 Å². The molecule has 2 aromatic rings.